The maximum absolute atomic E-state index is 6.24. The molecule has 1 saturated carbocycles. The maximum Gasteiger partial charge on any atom is 0.193 e. The number of likely N-dealkylation sites (N-methyl/N-ethyl adjacent to an activating group) is 1. The lowest BCUT2D eigenvalue weighted by molar-refractivity contribution is -0.0611. The Morgan fingerprint density at radius 3 is 2.90 bits per heavy atom. The summed E-state index contributed by atoms with van der Waals surface area (Å²) in [6.07, 6.45) is 10.1. The van der Waals surface area contributed by atoms with Gasteiger partial charge in [-0.3, -0.25) is 4.40 Å². The van der Waals surface area contributed by atoms with Gasteiger partial charge in [-0.2, -0.15) is 0 Å². The Morgan fingerprint density at radius 1 is 1.43 bits per heavy atom. The molecule has 2 aromatic heterocycles. The van der Waals surface area contributed by atoms with Crippen molar-refractivity contribution >= 4 is 16.3 Å². The summed E-state index contributed by atoms with van der Waals surface area (Å²) < 4.78 is 8.35. The van der Waals surface area contributed by atoms with Crippen LogP contribution in [-0.2, 0) is 11.2 Å². The molecule has 4 nitrogen and oxygen atoms in total. The molecule has 5 heteroatoms. The topological polar surface area (TPSA) is 38.6 Å². The summed E-state index contributed by atoms with van der Waals surface area (Å²) in [5.41, 5.74) is 1.17. The monoisotopic (exact) mass is 307 g/mol. The first-order valence-corrected chi connectivity index (χ1v) is 8.94. The van der Waals surface area contributed by atoms with Gasteiger partial charge in [-0.1, -0.05) is 19.8 Å². The number of hydrogen-bond donors (Lipinski definition) is 1. The van der Waals surface area contributed by atoms with Crippen LogP contribution >= 0.6 is 11.3 Å². The zero-order valence-corrected chi connectivity index (χ0v) is 13.8. The van der Waals surface area contributed by atoms with Crippen molar-refractivity contribution in [2.45, 2.75) is 57.6 Å². The molecule has 21 heavy (non-hydrogen) atoms. The highest BCUT2D eigenvalue weighted by atomic mass is 32.1. The third kappa shape index (κ3) is 3.00. The Kier molecular flexibility index (Phi) is 4.62. The molecular formula is C16H25N3OS. The minimum Gasteiger partial charge on any atom is -0.374 e. The van der Waals surface area contributed by atoms with E-state index in [4.69, 9.17) is 9.72 Å². The second-order valence-electron chi connectivity index (χ2n) is 5.84. The average molecular weight is 307 g/mol. The van der Waals surface area contributed by atoms with E-state index in [-0.39, 0.29) is 5.60 Å². The van der Waals surface area contributed by atoms with Crippen LogP contribution in [0.4, 0.5) is 0 Å². The van der Waals surface area contributed by atoms with E-state index in [1.165, 1.54) is 31.4 Å². The highest BCUT2D eigenvalue weighted by molar-refractivity contribution is 7.15. The van der Waals surface area contributed by atoms with Gasteiger partial charge >= 0.3 is 0 Å². The smallest absolute Gasteiger partial charge is 0.193 e. The molecule has 1 atom stereocenters. The molecule has 0 spiro atoms. The third-order valence-electron chi connectivity index (χ3n) is 4.52. The van der Waals surface area contributed by atoms with E-state index in [1.807, 2.05) is 0 Å². The number of hydrogen-bond acceptors (Lipinski definition) is 4. The van der Waals surface area contributed by atoms with Crippen molar-refractivity contribution in [1.82, 2.24) is 14.7 Å². The summed E-state index contributed by atoms with van der Waals surface area (Å²) in [7, 11) is 0. The summed E-state index contributed by atoms with van der Waals surface area (Å²) in [4.78, 5) is 5.82. The first-order valence-electron chi connectivity index (χ1n) is 8.06. The summed E-state index contributed by atoms with van der Waals surface area (Å²) in [5.74, 6) is 0. The van der Waals surface area contributed by atoms with Crippen molar-refractivity contribution in [1.29, 1.82) is 0 Å². The van der Waals surface area contributed by atoms with Gasteiger partial charge in [0, 0.05) is 36.8 Å². The molecule has 1 aliphatic rings. The molecule has 2 heterocycles. The minimum absolute atomic E-state index is 0.00179. The quantitative estimate of drug-likeness (QED) is 0.853. The van der Waals surface area contributed by atoms with Crippen LogP contribution in [0.25, 0.3) is 4.96 Å². The van der Waals surface area contributed by atoms with Gasteiger partial charge in [0.25, 0.3) is 0 Å². The Labute approximate surface area is 130 Å². The lowest BCUT2D eigenvalue weighted by Crippen LogP contribution is -2.52. The molecule has 116 valence electrons. The van der Waals surface area contributed by atoms with Gasteiger partial charge in [0.1, 0.15) is 0 Å². The second kappa shape index (κ2) is 6.46. The fourth-order valence-electron chi connectivity index (χ4n) is 3.63. The molecule has 0 saturated heterocycles. The van der Waals surface area contributed by atoms with Crippen LogP contribution in [0, 0.1) is 0 Å². The van der Waals surface area contributed by atoms with Gasteiger partial charge in [-0.25, -0.2) is 4.98 Å². The van der Waals surface area contributed by atoms with Crippen LogP contribution in [-0.4, -0.2) is 34.2 Å². The number of thiazole rings is 1. The standard InChI is InChI=1S/C16H25N3OS/c1-3-17-14(16(20-4-2)7-5-6-8-16)11-13-12-19-9-10-21-15(19)18-13/h9-10,12,14,17H,3-8,11H2,1-2H3. The zero-order valence-electron chi connectivity index (χ0n) is 13.0. The normalized spacial score (nSPS) is 19.3. The first-order chi connectivity index (χ1) is 10.3. The van der Waals surface area contributed by atoms with Crippen LogP contribution in [0.3, 0.4) is 0 Å². The Morgan fingerprint density at radius 2 is 2.24 bits per heavy atom. The van der Waals surface area contributed by atoms with Crippen LogP contribution in [0.15, 0.2) is 17.8 Å². The predicted octanol–water partition coefficient (Wildman–Crippen LogP) is 3.27. The first kappa shape index (κ1) is 15.0. The molecule has 0 bridgehead atoms. The van der Waals surface area contributed by atoms with Crippen LogP contribution in [0.2, 0.25) is 0 Å². The van der Waals surface area contributed by atoms with Gasteiger partial charge in [-0.15, -0.1) is 11.3 Å². The Balaban J connectivity index is 1.81. The third-order valence-corrected chi connectivity index (χ3v) is 5.29. The van der Waals surface area contributed by atoms with E-state index in [0.29, 0.717) is 6.04 Å². The molecule has 0 amide bonds. The fourth-order valence-corrected chi connectivity index (χ4v) is 4.35. The number of rotatable bonds is 7. The van der Waals surface area contributed by atoms with Crippen molar-refractivity contribution in [2.75, 3.05) is 13.2 Å². The maximum atomic E-state index is 6.24. The Bertz CT molecular complexity index is 542. The number of aromatic nitrogens is 2. The van der Waals surface area contributed by atoms with Gasteiger partial charge in [0.05, 0.1) is 11.3 Å². The molecule has 0 aliphatic heterocycles. The molecular weight excluding hydrogens is 282 g/mol. The molecule has 1 aliphatic carbocycles. The predicted molar refractivity (Wildman–Crippen MR) is 87.1 cm³/mol. The van der Waals surface area contributed by atoms with E-state index < -0.39 is 0 Å². The van der Waals surface area contributed by atoms with Gasteiger partial charge in [0.15, 0.2) is 4.96 Å². The highest BCUT2D eigenvalue weighted by Crippen LogP contribution is 2.37. The SMILES string of the molecule is CCNC(Cc1cn2ccsc2n1)C1(OCC)CCCC1. The van der Waals surface area contributed by atoms with E-state index >= 15 is 0 Å². The van der Waals surface area contributed by atoms with Crippen molar-refractivity contribution in [3.63, 3.8) is 0 Å². The number of ether oxygens (including phenoxy) is 1. The highest BCUT2D eigenvalue weighted by Gasteiger charge is 2.42. The van der Waals surface area contributed by atoms with Gasteiger partial charge < -0.3 is 10.1 Å². The molecule has 1 fully saturated rings. The molecule has 0 aromatic carbocycles. The van der Waals surface area contributed by atoms with E-state index in [0.717, 1.165) is 24.5 Å². The number of imidazole rings is 1. The van der Waals surface area contributed by atoms with Crippen molar-refractivity contribution in [2.24, 2.45) is 0 Å². The van der Waals surface area contributed by atoms with Gasteiger partial charge in [0.2, 0.25) is 0 Å². The van der Waals surface area contributed by atoms with Crippen LogP contribution in [0.5, 0.6) is 0 Å². The van der Waals surface area contributed by atoms with E-state index in [2.05, 4.69) is 41.3 Å². The average Bonchev–Trinajstić information content (AvgIpc) is 3.14. The number of nitrogens with one attached hydrogen (secondary N) is 1. The molecule has 3 rings (SSSR count). The summed E-state index contributed by atoms with van der Waals surface area (Å²) in [6, 6.07) is 0.356. The minimum atomic E-state index is 0.00179. The Hall–Kier alpha value is -0.910. The fraction of sp³-hybridized carbons (Fsp3) is 0.688. The molecule has 1 unspecified atom stereocenters. The van der Waals surface area contributed by atoms with Crippen molar-refractivity contribution < 1.29 is 4.74 Å². The van der Waals surface area contributed by atoms with Crippen molar-refractivity contribution in [3.8, 4) is 0 Å². The molecule has 1 N–H and O–H groups in total. The summed E-state index contributed by atoms with van der Waals surface area (Å²) in [6.45, 7) is 6.05. The second-order valence-corrected chi connectivity index (χ2v) is 6.72. The van der Waals surface area contributed by atoms with Crippen LogP contribution in [0.1, 0.15) is 45.2 Å². The van der Waals surface area contributed by atoms with Crippen molar-refractivity contribution in [3.05, 3.63) is 23.5 Å². The number of fused-ring (bicyclic) bond motifs is 1. The number of nitrogens with zero attached hydrogens (tertiary/aromatic N) is 2. The summed E-state index contributed by atoms with van der Waals surface area (Å²) in [5, 5.41) is 5.74. The lowest BCUT2D eigenvalue weighted by atomic mass is 9.88. The molecule has 2 aromatic rings. The van der Waals surface area contributed by atoms with Gasteiger partial charge in [-0.05, 0) is 26.3 Å². The van der Waals surface area contributed by atoms with E-state index in [1.54, 1.807) is 11.3 Å². The lowest BCUT2D eigenvalue weighted by Gasteiger charge is -2.37. The molecule has 0 radical (unpaired) electrons. The van der Waals surface area contributed by atoms with Crippen LogP contribution < -0.4 is 5.32 Å². The largest absolute Gasteiger partial charge is 0.374 e. The zero-order chi connectivity index (χ0) is 14.7. The summed E-state index contributed by atoms with van der Waals surface area (Å²) >= 11 is 1.69. The van der Waals surface area contributed by atoms with E-state index in [9.17, 15) is 0 Å².